The summed E-state index contributed by atoms with van der Waals surface area (Å²) in [4.78, 5) is 3.30. The molecule has 0 spiro atoms. The van der Waals surface area contributed by atoms with Crippen LogP contribution in [0.1, 0.15) is 18.1 Å². The molecular formula is C13H15F3N4O2S. The highest BCUT2D eigenvalue weighted by molar-refractivity contribution is 7.89. The van der Waals surface area contributed by atoms with Crippen LogP contribution in [0.3, 0.4) is 0 Å². The third-order valence-corrected chi connectivity index (χ3v) is 4.70. The third kappa shape index (κ3) is 4.29. The molecule has 1 N–H and O–H groups in total. The molecule has 0 saturated carbocycles. The van der Waals surface area contributed by atoms with Crippen molar-refractivity contribution >= 4 is 10.0 Å². The third-order valence-electron chi connectivity index (χ3n) is 3.11. The molecule has 2 aromatic rings. The molecule has 0 radical (unpaired) electrons. The minimum atomic E-state index is -4.61. The summed E-state index contributed by atoms with van der Waals surface area (Å²) in [5.41, 5.74) is -1.00. The van der Waals surface area contributed by atoms with Crippen LogP contribution in [0.2, 0.25) is 0 Å². The van der Waals surface area contributed by atoms with Gasteiger partial charge in [-0.15, -0.1) is 0 Å². The molecular weight excluding hydrogens is 333 g/mol. The maximum Gasteiger partial charge on any atom is 0.416 e. The van der Waals surface area contributed by atoms with Gasteiger partial charge in [-0.3, -0.25) is 4.68 Å². The van der Waals surface area contributed by atoms with E-state index < -0.39 is 32.7 Å². The summed E-state index contributed by atoms with van der Waals surface area (Å²) >= 11 is 0. The van der Waals surface area contributed by atoms with Crippen molar-refractivity contribution in [3.05, 3.63) is 42.0 Å². The molecule has 6 nitrogen and oxygen atoms in total. The summed E-state index contributed by atoms with van der Waals surface area (Å²) < 4.78 is 66.9. The monoisotopic (exact) mass is 348 g/mol. The highest BCUT2D eigenvalue weighted by Gasteiger charge is 2.33. The summed E-state index contributed by atoms with van der Waals surface area (Å²) in [6.07, 6.45) is -1.89. The molecule has 0 saturated heterocycles. The van der Waals surface area contributed by atoms with Crippen molar-refractivity contribution in [2.75, 3.05) is 0 Å². The van der Waals surface area contributed by atoms with Crippen LogP contribution >= 0.6 is 0 Å². The van der Waals surface area contributed by atoms with Gasteiger partial charge in [0.25, 0.3) is 0 Å². The van der Waals surface area contributed by atoms with E-state index in [2.05, 4.69) is 14.8 Å². The molecule has 0 bridgehead atoms. The molecule has 126 valence electrons. The van der Waals surface area contributed by atoms with E-state index in [1.54, 1.807) is 6.92 Å². The lowest BCUT2D eigenvalue weighted by Crippen LogP contribution is -2.36. The number of aryl methyl sites for hydroxylation is 1. The van der Waals surface area contributed by atoms with Crippen LogP contribution in [0.25, 0.3) is 0 Å². The molecule has 0 unspecified atom stereocenters. The first-order chi connectivity index (χ1) is 10.6. The van der Waals surface area contributed by atoms with Crippen LogP contribution < -0.4 is 4.72 Å². The Morgan fingerprint density at radius 1 is 1.35 bits per heavy atom. The summed E-state index contributed by atoms with van der Waals surface area (Å²) in [6, 6.07) is 2.35. The summed E-state index contributed by atoms with van der Waals surface area (Å²) in [5, 5.41) is 3.84. The summed E-state index contributed by atoms with van der Waals surface area (Å²) in [5.74, 6) is 0. The van der Waals surface area contributed by atoms with Gasteiger partial charge in [-0.05, 0) is 31.5 Å². The van der Waals surface area contributed by atoms with Gasteiger partial charge < -0.3 is 0 Å². The molecule has 2 rings (SSSR count). The standard InChI is InChI=1S/C13H15F3N4O2S/c1-9-3-4-11(5-12(9)13(14,15)16)23(21,22)19-10(2)6-20-8-17-7-18-20/h3-5,7-8,10,19H,6H2,1-2H3/t10-/m1/s1. The second kappa shape index (κ2) is 6.28. The first-order valence-corrected chi connectivity index (χ1v) is 8.10. The number of aromatic nitrogens is 3. The highest BCUT2D eigenvalue weighted by atomic mass is 32.2. The number of nitrogens with one attached hydrogen (secondary N) is 1. The molecule has 1 atom stereocenters. The quantitative estimate of drug-likeness (QED) is 0.896. The zero-order valence-electron chi connectivity index (χ0n) is 12.4. The SMILES string of the molecule is Cc1ccc(S(=O)(=O)N[C@H](C)Cn2cncn2)cc1C(F)(F)F. The number of halogens is 3. The predicted molar refractivity (Wildman–Crippen MR) is 76.0 cm³/mol. The van der Waals surface area contributed by atoms with Gasteiger partial charge in [-0.1, -0.05) is 6.07 Å². The molecule has 10 heteroatoms. The lowest BCUT2D eigenvalue weighted by atomic mass is 10.1. The van der Waals surface area contributed by atoms with E-state index in [9.17, 15) is 21.6 Å². The Hall–Kier alpha value is -1.94. The minimum absolute atomic E-state index is 0.0351. The van der Waals surface area contributed by atoms with Crippen molar-refractivity contribution in [3.63, 3.8) is 0 Å². The molecule has 1 heterocycles. The minimum Gasteiger partial charge on any atom is -0.251 e. The number of benzene rings is 1. The van der Waals surface area contributed by atoms with E-state index in [0.717, 1.165) is 12.1 Å². The molecule has 1 aromatic heterocycles. The Kier molecular flexibility index (Phi) is 4.76. The van der Waals surface area contributed by atoms with E-state index in [1.165, 1.54) is 24.3 Å². The van der Waals surface area contributed by atoms with Gasteiger partial charge in [0.2, 0.25) is 10.0 Å². The lowest BCUT2D eigenvalue weighted by molar-refractivity contribution is -0.138. The zero-order chi connectivity index (χ0) is 17.3. The smallest absolute Gasteiger partial charge is 0.251 e. The van der Waals surface area contributed by atoms with Crippen molar-refractivity contribution in [1.29, 1.82) is 0 Å². The first-order valence-electron chi connectivity index (χ1n) is 6.62. The van der Waals surface area contributed by atoms with Gasteiger partial charge in [0.1, 0.15) is 12.7 Å². The molecule has 0 fully saturated rings. The van der Waals surface area contributed by atoms with Crippen LogP contribution in [0.5, 0.6) is 0 Å². The van der Waals surface area contributed by atoms with Gasteiger partial charge in [-0.2, -0.15) is 18.3 Å². The highest BCUT2D eigenvalue weighted by Crippen LogP contribution is 2.33. The van der Waals surface area contributed by atoms with Crippen molar-refractivity contribution in [3.8, 4) is 0 Å². The number of sulfonamides is 1. The largest absolute Gasteiger partial charge is 0.416 e. The van der Waals surface area contributed by atoms with E-state index in [4.69, 9.17) is 0 Å². The molecule has 0 aliphatic rings. The maximum absolute atomic E-state index is 12.9. The van der Waals surface area contributed by atoms with Crippen molar-refractivity contribution in [1.82, 2.24) is 19.5 Å². The number of nitrogens with zero attached hydrogens (tertiary/aromatic N) is 3. The van der Waals surface area contributed by atoms with E-state index in [-0.39, 0.29) is 12.1 Å². The molecule has 1 aromatic carbocycles. The Morgan fingerprint density at radius 2 is 2.04 bits per heavy atom. The number of hydrogen-bond acceptors (Lipinski definition) is 4. The van der Waals surface area contributed by atoms with Crippen LogP contribution in [-0.4, -0.2) is 29.2 Å². The fraction of sp³-hybridized carbons (Fsp3) is 0.385. The second-order valence-electron chi connectivity index (χ2n) is 5.11. The normalized spacial score (nSPS) is 14.0. The van der Waals surface area contributed by atoms with Gasteiger partial charge in [0, 0.05) is 6.04 Å². The average Bonchev–Trinajstić information content (AvgIpc) is 2.89. The Labute approximate surface area is 131 Å². The van der Waals surface area contributed by atoms with Gasteiger partial charge in [-0.25, -0.2) is 18.1 Å². The van der Waals surface area contributed by atoms with Crippen molar-refractivity contribution in [2.24, 2.45) is 0 Å². The summed E-state index contributed by atoms with van der Waals surface area (Å²) in [6.45, 7) is 3.06. The second-order valence-corrected chi connectivity index (χ2v) is 6.83. The number of rotatable bonds is 5. The number of alkyl halides is 3. The van der Waals surface area contributed by atoms with E-state index in [1.807, 2.05) is 0 Å². The predicted octanol–water partition coefficient (Wildman–Crippen LogP) is 1.97. The van der Waals surface area contributed by atoms with E-state index >= 15 is 0 Å². The Balaban J connectivity index is 2.22. The molecule has 0 amide bonds. The fourth-order valence-corrected chi connectivity index (χ4v) is 3.31. The van der Waals surface area contributed by atoms with Gasteiger partial charge in [0.05, 0.1) is 17.0 Å². The van der Waals surface area contributed by atoms with Crippen molar-refractivity contribution < 1.29 is 21.6 Å². The summed E-state index contributed by atoms with van der Waals surface area (Å²) in [7, 11) is -4.07. The van der Waals surface area contributed by atoms with Crippen LogP contribution in [-0.2, 0) is 22.7 Å². The number of hydrogen-bond donors (Lipinski definition) is 1. The fourth-order valence-electron chi connectivity index (χ4n) is 2.05. The first kappa shape index (κ1) is 17.4. The lowest BCUT2D eigenvalue weighted by Gasteiger charge is -2.16. The van der Waals surface area contributed by atoms with Gasteiger partial charge >= 0.3 is 6.18 Å². The molecule has 23 heavy (non-hydrogen) atoms. The molecule has 0 aliphatic heterocycles. The average molecular weight is 348 g/mol. The Bertz CT molecular complexity index is 773. The Morgan fingerprint density at radius 3 is 2.61 bits per heavy atom. The zero-order valence-corrected chi connectivity index (χ0v) is 13.2. The topological polar surface area (TPSA) is 76.9 Å². The van der Waals surface area contributed by atoms with E-state index in [0.29, 0.717) is 6.07 Å². The van der Waals surface area contributed by atoms with Crippen LogP contribution in [0, 0.1) is 6.92 Å². The molecule has 0 aliphatic carbocycles. The van der Waals surface area contributed by atoms with Gasteiger partial charge in [0.15, 0.2) is 0 Å². The van der Waals surface area contributed by atoms with Crippen LogP contribution in [0.15, 0.2) is 35.7 Å². The van der Waals surface area contributed by atoms with Crippen LogP contribution in [0.4, 0.5) is 13.2 Å². The van der Waals surface area contributed by atoms with Crippen molar-refractivity contribution in [2.45, 2.75) is 37.5 Å². The maximum atomic E-state index is 12.9.